The second-order valence-electron chi connectivity index (χ2n) is 3.17. The summed E-state index contributed by atoms with van der Waals surface area (Å²) in [5.41, 5.74) is 6.85. The predicted octanol–water partition coefficient (Wildman–Crippen LogP) is 2.04. The zero-order valence-corrected chi connectivity index (χ0v) is 10.0. The third-order valence-electron chi connectivity index (χ3n) is 2.05. The van der Waals surface area contributed by atoms with Crippen LogP contribution in [-0.4, -0.2) is 19.7 Å². The van der Waals surface area contributed by atoms with Crippen molar-refractivity contribution < 1.29 is 14.3 Å². The van der Waals surface area contributed by atoms with Gasteiger partial charge < -0.3 is 15.2 Å². The fourth-order valence-corrected chi connectivity index (χ4v) is 1.54. The average Bonchev–Trinajstić information content (AvgIpc) is 2.22. The van der Waals surface area contributed by atoms with Gasteiger partial charge in [0.1, 0.15) is 5.75 Å². The molecule has 4 nitrogen and oxygen atoms in total. The van der Waals surface area contributed by atoms with Crippen molar-refractivity contribution in [2.75, 3.05) is 19.5 Å². The first-order valence-electron chi connectivity index (χ1n) is 4.86. The van der Waals surface area contributed by atoms with E-state index in [1.807, 2.05) is 0 Å². The van der Waals surface area contributed by atoms with Gasteiger partial charge in [-0.2, -0.15) is 0 Å². The lowest BCUT2D eigenvalue weighted by Gasteiger charge is -2.09. The molecule has 1 aromatic rings. The Morgan fingerprint density at radius 3 is 2.75 bits per heavy atom. The molecule has 0 fully saturated rings. The number of hydrogen-bond donors (Lipinski definition) is 1. The van der Waals surface area contributed by atoms with Gasteiger partial charge in [-0.3, -0.25) is 4.79 Å². The second-order valence-corrected chi connectivity index (χ2v) is 3.57. The Morgan fingerprint density at radius 2 is 2.19 bits per heavy atom. The molecule has 0 unspecified atom stereocenters. The van der Waals surface area contributed by atoms with Crippen LogP contribution in [0, 0.1) is 0 Å². The Bertz CT molecular complexity index is 393. The van der Waals surface area contributed by atoms with Crippen LogP contribution in [0.4, 0.5) is 5.69 Å². The summed E-state index contributed by atoms with van der Waals surface area (Å²) in [5.74, 6) is 0.175. The molecule has 0 aromatic heterocycles. The standard InChI is InChI=1S/C11H14ClNO3/c1-3-16-11(14)5-7-4-10(15-2)8(12)6-9(7)13/h4,6H,3,5,13H2,1-2H3. The molecule has 0 aliphatic carbocycles. The van der Waals surface area contributed by atoms with Crippen LogP contribution in [0.3, 0.4) is 0 Å². The lowest BCUT2D eigenvalue weighted by molar-refractivity contribution is -0.142. The summed E-state index contributed by atoms with van der Waals surface area (Å²) in [7, 11) is 1.51. The number of ether oxygens (including phenoxy) is 2. The minimum Gasteiger partial charge on any atom is -0.495 e. The quantitative estimate of drug-likeness (QED) is 0.649. The molecule has 0 radical (unpaired) electrons. The molecule has 0 saturated carbocycles. The van der Waals surface area contributed by atoms with Crippen molar-refractivity contribution in [2.45, 2.75) is 13.3 Å². The molecule has 0 atom stereocenters. The van der Waals surface area contributed by atoms with E-state index in [2.05, 4.69) is 0 Å². The zero-order chi connectivity index (χ0) is 12.1. The van der Waals surface area contributed by atoms with Gasteiger partial charge in [0.25, 0.3) is 0 Å². The highest BCUT2D eigenvalue weighted by Gasteiger charge is 2.11. The number of hydrogen-bond acceptors (Lipinski definition) is 4. The van der Waals surface area contributed by atoms with Gasteiger partial charge in [-0.1, -0.05) is 11.6 Å². The summed E-state index contributed by atoms with van der Waals surface area (Å²) in [6, 6.07) is 3.21. The number of nitrogens with two attached hydrogens (primary N) is 1. The Labute approximate surface area is 99.3 Å². The van der Waals surface area contributed by atoms with E-state index < -0.39 is 0 Å². The molecular formula is C11H14ClNO3. The second kappa shape index (κ2) is 5.61. The summed E-state index contributed by atoms with van der Waals surface area (Å²) >= 11 is 5.88. The van der Waals surface area contributed by atoms with Gasteiger partial charge in [0.15, 0.2) is 0 Å². The topological polar surface area (TPSA) is 61.5 Å². The number of anilines is 1. The lowest BCUT2D eigenvalue weighted by atomic mass is 10.1. The van der Waals surface area contributed by atoms with Crippen LogP contribution in [0.2, 0.25) is 5.02 Å². The van der Waals surface area contributed by atoms with E-state index in [4.69, 9.17) is 26.8 Å². The number of halogens is 1. The van der Waals surface area contributed by atoms with Gasteiger partial charge in [-0.05, 0) is 24.6 Å². The van der Waals surface area contributed by atoms with Crippen molar-refractivity contribution in [3.63, 3.8) is 0 Å². The molecule has 88 valence electrons. The first-order chi connectivity index (χ1) is 7.58. The molecular weight excluding hydrogens is 230 g/mol. The number of carbonyl (C=O) groups excluding carboxylic acids is 1. The Hall–Kier alpha value is -1.42. The molecule has 0 saturated heterocycles. The Balaban J connectivity index is 2.91. The number of methoxy groups -OCH3 is 1. The largest absolute Gasteiger partial charge is 0.495 e. The maximum Gasteiger partial charge on any atom is 0.310 e. The third-order valence-corrected chi connectivity index (χ3v) is 2.35. The maximum atomic E-state index is 11.3. The number of rotatable bonds is 4. The van der Waals surface area contributed by atoms with Crippen LogP contribution in [0.5, 0.6) is 5.75 Å². The third kappa shape index (κ3) is 3.03. The van der Waals surface area contributed by atoms with Crippen LogP contribution in [0.25, 0.3) is 0 Å². The smallest absolute Gasteiger partial charge is 0.310 e. The molecule has 16 heavy (non-hydrogen) atoms. The molecule has 0 aliphatic heterocycles. The number of carbonyl (C=O) groups is 1. The van der Waals surface area contributed by atoms with Crippen molar-refractivity contribution in [1.29, 1.82) is 0 Å². The van der Waals surface area contributed by atoms with E-state index in [0.717, 1.165) is 0 Å². The maximum absolute atomic E-state index is 11.3. The normalized spacial score (nSPS) is 9.94. The van der Waals surface area contributed by atoms with Gasteiger partial charge in [0.05, 0.1) is 25.2 Å². The van der Waals surface area contributed by atoms with Crippen molar-refractivity contribution in [2.24, 2.45) is 0 Å². The molecule has 1 rings (SSSR count). The van der Waals surface area contributed by atoms with E-state index in [0.29, 0.717) is 28.6 Å². The number of nitrogen functional groups attached to an aromatic ring is 1. The predicted molar refractivity (Wildman–Crippen MR) is 62.8 cm³/mol. The molecule has 1 aromatic carbocycles. The molecule has 0 bridgehead atoms. The molecule has 0 aliphatic rings. The fraction of sp³-hybridized carbons (Fsp3) is 0.364. The average molecular weight is 244 g/mol. The SMILES string of the molecule is CCOC(=O)Cc1cc(OC)c(Cl)cc1N. The van der Waals surface area contributed by atoms with Gasteiger partial charge in [0, 0.05) is 5.69 Å². The number of esters is 1. The Morgan fingerprint density at radius 1 is 1.50 bits per heavy atom. The van der Waals surface area contributed by atoms with E-state index in [1.54, 1.807) is 19.1 Å². The van der Waals surface area contributed by atoms with E-state index in [9.17, 15) is 4.79 Å². The lowest BCUT2D eigenvalue weighted by Crippen LogP contribution is -2.09. The van der Waals surface area contributed by atoms with E-state index in [1.165, 1.54) is 7.11 Å². The monoisotopic (exact) mass is 243 g/mol. The zero-order valence-electron chi connectivity index (χ0n) is 9.25. The van der Waals surface area contributed by atoms with Gasteiger partial charge >= 0.3 is 5.97 Å². The van der Waals surface area contributed by atoms with E-state index in [-0.39, 0.29) is 12.4 Å². The van der Waals surface area contributed by atoms with Crippen LogP contribution in [0.1, 0.15) is 12.5 Å². The Kier molecular flexibility index (Phi) is 4.43. The van der Waals surface area contributed by atoms with Crippen molar-refractivity contribution >= 4 is 23.3 Å². The summed E-state index contributed by atoms with van der Waals surface area (Å²) in [6.45, 7) is 2.10. The first-order valence-corrected chi connectivity index (χ1v) is 5.23. The highest BCUT2D eigenvalue weighted by Crippen LogP contribution is 2.29. The molecule has 2 N–H and O–H groups in total. The van der Waals surface area contributed by atoms with Crippen LogP contribution < -0.4 is 10.5 Å². The molecule has 0 amide bonds. The fourth-order valence-electron chi connectivity index (χ4n) is 1.29. The molecule has 0 spiro atoms. The highest BCUT2D eigenvalue weighted by molar-refractivity contribution is 6.32. The van der Waals surface area contributed by atoms with Gasteiger partial charge in [0.2, 0.25) is 0 Å². The minimum atomic E-state index is -0.321. The summed E-state index contributed by atoms with van der Waals surface area (Å²) in [5, 5.41) is 0.424. The van der Waals surface area contributed by atoms with Crippen molar-refractivity contribution in [3.8, 4) is 5.75 Å². The summed E-state index contributed by atoms with van der Waals surface area (Å²) < 4.78 is 9.88. The van der Waals surface area contributed by atoms with Crippen LogP contribution in [-0.2, 0) is 16.0 Å². The van der Waals surface area contributed by atoms with Crippen molar-refractivity contribution in [1.82, 2.24) is 0 Å². The highest BCUT2D eigenvalue weighted by atomic mass is 35.5. The summed E-state index contributed by atoms with van der Waals surface area (Å²) in [4.78, 5) is 11.3. The van der Waals surface area contributed by atoms with Crippen LogP contribution >= 0.6 is 11.6 Å². The van der Waals surface area contributed by atoms with Gasteiger partial charge in [-0.25, -0.2) is 0 Å². The number of benzene rings is 1. The first kappa shape index (κ1) is 12.6. The molecule has 5 heteroatoms. The summed E-state index contributed by atoms with van der Waals surface area (Å²) in [6.07, 6.45) is 0.118. The van der Waals surface area contributed by atoms with Gasteiger partial charge in [-0.15, -0.1) is 0 Å². The minimum absolute atomic E-state index is 0.118. The molecule has 0 heterocycles. The van der Waals surface area contributed by atoms with E-state index >= 15 is 0 Å². The van der Waals surface area contributed by atoms with Crippen LogP contribution in [0.15, 0.2) is 12.1 Å². The van der Waals surface area contributed by atoms with Crippen molar-refractivity contribution in [3.05, 3.63) is 22.7 Å².